The first-order valence-corrected chi connectivity index (χ1v) is 16.6. The molecule has 0 aliphatic carbocycles. The van der Waals surface area contributed by atoms with Crippen molar-refractivity contribution in [3.05, 3.63) is 58.8 Å². The maximum Gasteiger partial charge on any atom is 0.231 e. The van der Waals surface area contributed by atoms with Gasteiger partial charge in [-0.3, -0.25) is 4.79 Å². The molecule has 0 aliphatic heterocycles. The first kappa shape index (κ1) is 35.2. The summed E-state index contributed by atoms with van der Waals surface area (Å²) in [6, 6.07) is 11.9. The van der Waals surface area contributed by atoms with E-state index >= 15 is 0 Å². The summed E-state index contributed by atoms with van der Waals surface area (Å²) in [5.74, 6) is 1.75. The number of aryl methyl sites for hydroxylation is 1. The van der Waals surface area contributed by atoms with Gasteiger partial charge in [0.05, 0.1) is 32.0 Å². The van der Waals surface area contributed by atoms with Gasteiger partial charge in [-0.1, -0.05) is 110 Å². The third kappa shape index (κ3) is 12.5. The number of benzene rings is 2. The Morgan fingerprint density at radius 1 is 0.643 bits per heavy atom. The summed E-state index contributed by atoms with van der Waals surface area (Å²) in [6.45, 7) is 13.0. The summed E-state index contributed by atoms with van der Waals surface area (Å²) in [6.07, 6.45) is 15.2. The Morgan fingerprint density at radius 2 is 1.21 bits per heavy atom. The van der Waals surface area contributed by atoms with Crippen molar-refractivity contribution in [3.63, 3.8) is 0 Å². The number of carbonyl (C=O) groups excluding carboxylic acids is 1. The van der Waals surface area contributed by atoms with E-state index in [1.807, 2.05) is 30.3 Å². The molecule has 0 spiro atoms. The number of Topliss-reactive ketones (excluding diaryl/α,β-unsaturated/α-hetero) is 1. The zero-order chi connectivity index (χ0) is 30.4. The van der Waals surface area contributed by atoms with Gasteiger partial charge in [-0.2, -0.15) is 0 Å². The average molecular weight is 581 g/mol. The highest BCUT2D eigenvalue weighted by Crippen LogP contribution is 2.42. The number of ketones is 1. The number of rotatable bonds is 24. The van der Waals surface area contributed by atoms with E-state index in [9.17, 15) is 4.79 Å². The lowest BCUT2D eigenvalue weighted by atomic mass is 10.0. The molecule has 2 rings (SSSR count). The largest absolute Gasteiger partial charge is 0.490 e. The van der Waals surface area contributed by atoms with Gasteiger partial charge in [0.15, 0.2) is 17.3 Å². The minimum absolute atomic E-state index is 0.199. The number of hydrogen-bond donors (Lipinski definition) is 0. The van der Waals surface area contributed by atoms with Gasteiger partial charge >= 0.3 is 0 Å². The Kier molecular flexibility index (Phi) is 18.2. The van der Waals surface area contributed by atoms with Crippen LogP contribution in [0.15, 0.2) is 42.2 Å². The van der Waals surface area contributed by atoms with Gasteiger partial charge in [-0.15, -0.1) is 0 Å². The predicted molar refractivity (Wildman–Crippen MR) is 175 cm³/mol. The maximum absolute atomic E-state index is 14.2. The molecule has 5 nitrogen and oxygen atoms in total. The van der Waals surface area contributed by atoms with Crippen molar-refractivity contribution in [3.8, 4) is 17.2 Å². The summed E-state index contributed by atoms with van der Waals surface area (Å²) in [4.78, 5) is 14.2. The Labute approximate surface area is 256 Å². The summed E-state index contributed by atoms with van der Waals surface area (Å²) in [5, 5.41) is 0. The summed E-state index contributed by atoms with van der Waals surface area (Å²) < 4.78 is 25.1. The van der Waals surface area contributed by atoms with Crippen LogP contribution in [0.25, 0.3) is 6.08 Å². The third-order valence-electron chi connectivity index (χ3n) is 7.20. The summed E-state index contributed by atoms with van der Waals surface area (Å²) in [5.41, 5.74) is 2.62. The molecule has 234 valence electrons. The molecular formula is C37H56O5. The monoisotopic (exact) mass is 580 g/mol. The fourth-order valence-corrected chi connectivity index (χ4v) is 4.60. The van der Waals surface area contributed by atoms with Crippen LogP contribution in [0.5, 0.6) is 17.2 Å². The van der Waals surface area contributed by atoms with Crippen LogP contribution in [0.1, 0.15) is 133 Å². The quantitative estimate of drug-likeness (QED) is 0.0535. The van der Waals surface area contributed by atoms with Crippen molar-refractivity contribution in [1.82, 2.24) is 0 Å². The van der Waals surface area contributed by atoms with Gasteiger partial charge in [0.1, 0.15) is 0 Å². The normalized spacial score (nSPS) is 11.4. The van der Waals surface area contributed by atoms with Gasteiger partial charge in [0.25, 0.3) is 0 Å². The minimum Gasteiger partial charge on any atom is -0.490 e. The van der Waals surface area contributed by atoms with Gasteiger partial charge in [0.2, 0.25) is 11.5 Å². The fourth-order valence-electron chi connectivity index (χ4n) is 4.60. The fraction of sp³-hybridized carbons (Fsp3) is 0.595. The molecule has 0 heterocycles. The zero-order valence-corrected chi connectivity index (χ0v) is 27.1. The van der Waals surface area contributed by atoms with Crippen molar-refractivity contribution in [2.75, 3.05) is 26.4 Å². The summed E-state index contributed by atoms with van der Waals surface area (Å²) in [7, 11) is 0. The molecule has 42 heavy (non-hydrogen) atoms. The van der Waals surface area contributed by atoms with Crippen molar-refractivity contribution < 1.29 is 23.7 Å². The molecule has 5 heteroatoms. The van der Waals surface area contributed by atoms with Gasteiger partial charge in [0, 0.05) is 0 Å². The van der Waals surface area contributed by atoms with Crippen LogP contribution in [-0.4, -0.2) is 32.2 Å². The average Bonchev–Trinajstić information content (AvgIpc) is 3.01. The highest BCUT2D eigenvalue weighted by atomic mass is 16.5. The molecule has 0 fully saturated rings. The van der Waals surface area contributed by atoms with E-state index in [0.717, 1.165) is 89.0 Å². The lowest BCUT2D eigenvalue weighted by Gasteiger charge is -2.20. The van der Waals surface area contributed by atoms with Crippen LogP contribution in [0.4, 0.5) is 0 Å². The molecule has 0 N–H and O–H groups in total. The van der Waals surface area contributed by atoms with Crippen LogP contribution in [-0.2, 0) is 11.2 Å². The van der Waals surface area contributed by atoms with E-state index in [1.165, 1.54) is 5.56 Å². The molecule has 0 radical (unpaired) electrons. The predicted octanol–water partition coefficient (Wildman–Crippen LogP) is 10.4. The highest BCUT2D eigenvalue weighted by Gasteiger charge is 2.25. The Balaban J connectivity index is 2.54. The van der Waals surface area contributed by atoms with Crippen LogP contribution >= 0.6 is 0 Å². The second kappa shape index (κ2) is 21.7. The van der Waals surface area contributed by atoms with Crippen molar-refractivity contribution in [1.29, 1.82) is 0 Å². The Bertz CT molecular complexity index is 1060. The first-order valence-electron chi connectivity index (χ1n) is 16.6. The van der Waals surface area contributed by atoms with Crippen LogP contribution in [0, 0.1) is 0 Å². The number of unbranched alkanes of at least 4 members (excludes halogenated alkanes) is 8. The number of ether oxygens (including phenoxy) is 4. The molecule has 0 saturated carbocycles. The standard InChI is InChI=1S/C37H56O5/c1-6-11-15-24-39-33-23-22-32(36(41-26-17-13-8-3)37(33)42-27-18-14-9-4)35(38)34(40-25-16-12-7-2)29-31-21-19-20-30(10-5)28-31/h19-23,28-29H,6-18,24-27H2,1-5H3. The molecular weight excluding hydrogens is 524 g/mol. The van der Waals surface area contributed by atoms with Crippen LogP contribution < -0.4 is 14.2 Å². The molecule has 2 aromatic carbocycles. The van der Waals surface area contributed by atoms with E-state index in [1.54, 1.807) is 0 Å². The smallest absolute Gasteiger partial charge is 0.231 e. The second-order valence-electron chi connectivity index (χ2n) is 10.9. The maximum atomic E-state index is 14.2. The van der Waals surface area contributed by atoms with E-state index in [0.29, 0.717) is 55.0 Å². The number of carbonyl (C=O) groups is 1. The summed E-state index contributed by atoms with van der Waals surface area (Å²) >= 11 is 0. The van der Waals surface area contributed by atoms with E-state index in [-0.39, 0.29) is 5.78 Å². The molecule has 2 aromatic rings. The molecule has 0 bridgehead atoms. The Hall–Kier alpha value is -2.95. The molecule has 0 saturated heterocycles. The SMILES string of the molecule is CCCCCOC(=Cc1cccc(CC)c1)C(=O)c1ccc(OCCCCC)c(OCCCCC)c1OCCCCC. The number of hydrogen-bond acceptors (Lipinski definition) is 5. The van der Waals surface area contributed by atoms with E-state index in [4.69, 9.17) is 18.9 Å². The molecule has 0 unspecified atom stereocenters. The lowest BCUT2D eigenvalue weighted by molar-refractivity contribution is 0.0914. The second-order valence-corrected chi connectivity index (χ2v) is 10.9. The van der Waals surface area contributed by atoms with Crippen molar-refractivity contribution in [2.45, 2.75) is 118 Å². The number of allylic oxidation sites excluding steroid dienone is 1. The van der Waals surface area contributed by atoms with E-state index < -0.39 is 0 Å². The molecule has 0 atom stereocenters. The van der Waals surface area contributed by atoms with Crippen LogP contribution in [0.2, 0.25) is 0 Å². The molecule has 0 aliphatic rings. The molecule has 0 aromatic heterocycles. The molecule has 0 amide bonds. The lowest BCUT2D eigenvalue weighted by Crippen LogP contribution is -2.13. The van der Waals surface area contributed by atoms with Gasteiger partial charge in [-0.25, -0.2) is 0 Å². The Morgan fingerprint density at radius 3 is 1.81 bits per heavy atom. The third-order valence-corrected chi connectivity index (χ3v) is 7.20. The highest BCUT2D eigenvalue weighted by molar-refractivity contribution is 6.12. The van der Waals surface area contributed by atoms with Gasteiger partial charge < -0.3 is 18.9 Å². The van der Waals surface area contributed by atoms with Crippen LogP contribution in [0.3, 0.4) is 0 Å². The first-order chi connectivity index (χ1) is 20.6. The van der Waals surface area contributed by atoms with E-state index in [2.05, 4.69) is 46.8 Å². The van der Waals surface area contributed by atoms with Crippen molar-refractivity contribution >= 4 is 11.9 Å². The van der Waals surface area contributed by atoms with Crippen molar-refractivity contribution in [2.24, 2.45) is 0 Å². The van der Waals surface area contributed by atoms with Gasteiger partial charge in [-0.05, 0) is 61.4 Å². The minimum atomic E-state index is -0.199. The topological polar surface area (TPSA) is 54.0 Å². The zero-order valence-electron chi connectivity index (χ0n) is 27.1.